The molecule has 1 aromatic carbocycles. The summed E-state index contributed by atoms with van der Waals surface area (Å²) in [5.74, 6) is 0.0793. The quantitative estimate of drug-likeness (QED) is 0.790. The van der Waals surface area contributed by atoms with E-state index in [0.29, 0.717) is 10.6 Å². The van der Waals surface area contributed by atoms with Crippen molar-refractivity contribution < 1.29 is 4.79 Å². The number of rotatable bonds is 2. The summed E-state index contributed by atoms with van der Waals surface area (Å²) in [7, 11) is 0. The van der Waals surface area contributed by atoms with Gasteiger partial charge in [0.25, 0.3) is 5.91 Å². The summed E-state index contributed by atoms with van der Waals surface area (Å²) >= 11 is 4.90. The molecule has 16 heavy (non-hydrogen) atoms. The van der Waals surface area contributed by atoms with E-state index in [4.69, 9.17) is 18.0 Å². The van der Waals surface area contributed by atoms with Crippen molar-refractivity contribution >= 4 is 23.1 Å². The fourth-order valence-electron chi connectivity index (χ4n) is 1.91. The Balaban J connectivity index is 2.22. The lowest BCUT2D eigenvalue weighted by atomic mass is 10.1. The third kappa shape index (κ3) is 2.22. The van der Waals surface area contributed by atoms with Gasteiger partial charge in [-0.05, 0) is 25.0 Å². The molecular formula is C12H14N2OS. The van der Waals surface area contributed by atoms with Gasteiger partial charge in [-0.1, -0.05) is 24.4 Å². The highest BCUT2D eigenvalue weighted by atomic mass is 32.1. The van der Waals surface area contributed by atoms with Crippen molar-refractivity contribution in [2.45, 2.75) is 12.8 Å². The van der Waals surface area contributed by atoms with Crippen LogP contribution in [0.5, 0.6) is 0 Å². The summed E-state index contributed by atoms with van der Waals surface area (Å²) in [6.45, 7) is 1.71. The molecule has 1 saturated heterocycles. The lowest BCUT2D eigenvalue weighted by Crippen LogP contribution is -2.27. The second-order valence-electron chi connectivity index (χ2n) is 3.94. The molecule has 3 nitrogen and oxygen atoms in total. The summed E-state index contributed by atoms with van der Waals surface area (Å²) in [6.07, 6.45) is 2.20. The van der Waals surface area contributed by atoms with Crippen LogP contribution in [-0.2, 0) is 0 Å². The number of benzene rings is 1. The summed E-state index contributed by atoms with van der Waals surface area (Å²) in [4.78, 5) is 14.3. The number of carbonyl (C=O) groups is 1. The summed E-state index contributed by atoms with van der Waals surface area (Å²) < 4.78 is 0. The number of thiocarbonyl (C=S) groups is 1. The van der Waals surface area contributed by atoms with E-state index in [0.717, 1.165) is 31.5 Å². The first kappa shape index (κ1) is 11.1. The fourth-order valence-corrected chi connectivity index (χ4v) is 2.04. The lowest BCUT2D eigenvalue weighted by molar-refractivity contribution is 0.0793. The summed E-state index contributed by atoms with van der Waals surface area (Å²) in [5, 5.41) is 0. The Bertz CT molecular complexity index is 425. The molecule has 2 N–H and O–H groups in total. The molecule has 84 valence electrons. The second kappa shape index (κ2) is 4.61. The van der Waals surface area contributed by atoms with Crippen LogP contribution in [0.15, 0.2) is 24.3 Å². The largest absolute Gasteiger partial charge is 0.389 e. The summed E-state index contributed by atoms with van der Waals surface area (Å²) in [5.41, 5.74) is 6.97. The zero-order valence-corrected chi connectivity index (χ0v) is 9.80. The van der Waals surface area contributed by atoms with Crippen LogP contribution in [0.1, 0.15) is 28.8 Å². The van der Waals surface area contributed by atoms with Crippen molar-refractivity contribution in [1.29, 1.82) is 0 Å². The molecule has 0 aliphatic carbocycles. The number of hydrogen-bond donors (Lipinski definition) is 1. The maximum atomic E-state index is 12.1. The zero-order chi connectivity index (χ0) is 11.5. The van der Waals surface area contributed by atoms with Crippen LogP contribution in [0.3, 0.4) is 0 Å². The minimum Gasteiger partial charge on any atom is -0.389 e. The minimum absolute atomic E-state index is 0.0793. The molecule has 0 radical (unpaired) electrons. The number of amides is 1. The monoisotopic (exact) mass is 234 g/mol. The number of hydrogen-bond acceptors (Lipinski definition) is 2. The minimum atomic E-state index is 0.0793. The standard InChI is InChI=1S/C12H14N2OS/c13-11(16)9-4-3-5-10(8-9)12(15)14-6-1-2-7-14/h3-5,8H,1-2,6-7H2,(H2,13,16). The Morgan fingerprint density at radius 1 is 1.25 bits per heavy atom. The van der Waals surface area contributed by atoms with Crippen molar-refractivity contribution in [3.8, 4) is 0 Å². The van der Waals surface area contributed by atoms with E-state index in [2.05, 4.69) is 0 Å². The molecule has 1 aliphatic heterocycles. The van der Waals surface area contributed by atoms with Gasteiger partial charge >= 0.3 is 0 Å². The molecule has 4 heteroatoms. The Morgan fingerprint density at radius 2 is 1.88 bits per heavy atom. The van der Waals surface area contributed by atoms with Crippen LogP contribution in [0.4, 0.5) is 0 Å². The van der Waals surface area contributed by atoms with Crippen molar-refractivity contribution in [2.75, 3.05) is 13.1 Å². The molecule has 1 amide bonds. The third-order valence-electron chi connectivity index (χ3n) is 2.79. The van der Waals surface area contributed by atoms with Gasteiger partial charge in [0, 0.05) is 24.2 Å². The van der Waals surface area contributed by atoms with Gasteiger partial charge in [0.05, 0.1) is 0 Å². The van der Waals surface area contributed by atoms with E-state index >= 15 is 0 Å². The first-order valence-corrected chi connectivity index (χ1v) is 5.78. The van der Waals surface area contributed by atoms with E-state index in [-0.39, 0.29) is 5.91 Å². The van der Waals surface area contributed by atoms with Gasteiger partial charge in [-0.15, -0.1) is 0 Å². The molecule has 0 atom stereocenters. The zero-order valence-electron chi connectivity index (χ0n) is 8.98. The topological polar surface area (TPSA) is 46.3 Å². The average Bonchev–Trinajstić information content (AvgIpc) is 2.81. The normalized spacial score (nSPS) is 15.1. The highest BCUT2D eigenvalue weighted by Gasteiger charge is 2.19. The van der Waals surface area contributed by atoms with Gasteiger partial charge in [-0.2, -0.15) is 0 Å². The maximum Gasteiger partial charge on any atom is 0.253 e. The third-order valence-corrected chi connectivity index (χ3v) is 3.02. The van der Waals surface area contributed by atoms with E-state index in [1.807, 2.05) is 23.1 Å². The Labute approximate surface area is 100 Å². The van der Waals surface area contributed by atoms with Crippen LogP contribution in [0, 0.1) is 0 Å². The number of likely N-dealkylation sites (tertiary alicyclic amines) is 1. The van der Waals surface area contributed by atoms with Crippen molar-refractivity contribution in [3.05, 3.63) is 35.4 Å². The van der Waals surface area contributed by atoms with Gasteiger partial charge < -0.3 is 10.6 Å². The highest BCUT2D eigenvalue weighted by molar-refractivity contribution is 7.80. The maximum absolute atomic E-state index is 12.1. The van der Waals surface area contributed by atoms with Crippen molar-refractivity contribution in [3.63, 3.8) is 0 Å². The molecule has 0 bridgehead atoms. The first-order valence-electron chi connectivity index (χ1n) is 5.37. The van der Waals surface area contributed by atoms with E-state index in [1.165, 1.54) is 0 Å². The van der Waals surface area contributed by atoms with Crippen molar-refractivity contribution in [2.24, 2.45) is 5.73 Å². The molecule has 0 aromatic heterocycles. The van der Waals surface area contributed by atoms with Gasteiger partial charge in [-0.3, -0.25) is 4.79 Å². The Kier molecular flexibility index (Phi) is 3.19. The molecule has 0 saturated carbocycles. The number of nitrogens with zero attached hydrogens (tertiary/aromatic N) is 1. The van der Waals surface area contributed by atoms with E-state index in [1.54, 1.807) is 6.07 Å². The van der Waals surface area contributed by atoms with Crippen LogP contribution in [-0.4, -0.2) is 28.9 Å². The predicted molar refractivity (Wildman–Crippen MR) is 67.5 cm³/mol. The summed E-state index contributed by atoms with van der Waals surface area (Å²) in [6, 6.07) is 7.21. The first-order chi connectivity index (χ1) is 7.68. The van der Waals surface area contributed by atoms with Crippen molar-refractivity contribution in [1.82, 2.24) is 4.90 Å². The highest BCUT2D eigenvalue weighted by Crippen LogP contribution is 2.14. The second-order valence-corrected chi connectivity index (χ2v) is 4.38. The lowest BCUT2D eigenvalue weighted by Gasteiger charge is -2.15. The molecule has 1 heterocycles. The molecule has 1 aliphatic rings. The van der Waals surface area contributed by atoms with Crippen LogP contribution in [0.25, 0.3) is 0 Å². The molecule has 2 rings (SSSR count). The molecular weight excluding hydrogens is 220 g/mol. The number of nitrogens with two attached hydrogens (primary N) is 1. The molecule has 1 fully saturated rings. The Hall–Kier alpha value is -1.42. The van der Waals surface area contributed by atoms with Crippen LogP contribution in [0.2, 0.25) is 0 Å². The predicted octanol–water partition coefficient (Wildman–Crippen LogP) is 1.56. The number of carbonyl (C=O) groups excluding carboxylic acids is 1. The average molecular weight is 234 g/mol. The molecule has 0 unspecified atom stereocenters. The Morgan fingerprint density at radius 3 is 2.50 bits per heavy atom. The molecule has 1 aromatic rings. The van der Waals surface area contributed by atoms with Crippen LogP contribution < -0.4 is 5.73 Å². The van der Waals surface area contributed by atoms with Gasteiger partial charge in [-0.25, -0.2) is 0 Å². The van der Waals surface area contributed by atoms with Gasteiger partial charge in [0.2, 0.25) is 0 Å². The molecule has 0 spiro atoms. The van der Waals surface area contributed by atoms with Gasteiger partial charge in [0.1, 0.15) is 4.99 Å². The van der Waals surface area contributed by atoms with Gasteiger partial charge in [0.15, 0.2) is 0 Å². The van der Waals surface area contributed by atoms with E-state index in [9.17, 15) is 4.79 Å². The fraction of sp³-hybridized carbons (Fsp3) is 0.333. The van der Waals surface area contributed by atoms with E-state index < -0.39 is 0 Å². The van der Waals surface area contributed by atoms with Crippen LogP contribution >= 0.6 is 12.2 Å². The smallest absolute Gasteiger partial charge is 0.253 e. The SMILES string of the molecule is NC(=S)c1cccc(C(=O)N2CCCC2)c1.